The van der Waals surface area contributed by atoms with Gasteiger partial charge in [-0.2, -0.15) is 0 Å². The van der Waals surface area contributed by atoms with Crippen molar-refractivity contribution < 1.29 is 14.7 Å². The van der Waals surface area contributed by atoms with Crippen LogP contribution in [0.3, 0.4) is 0 Å². The third kappa shape index (κ3) is 3.88. The number of carbonyl (C=O) groups is 2. The Hall–Kier alpha value is -3.52. The van der Waals surface area contributed by atoms with Crippen molar-refractivity contribution in [1.82, 2.24) is 14.9 Å². The molecule has 0 aliphatic carbocycles. The number of nitrogens with zero attached hydrogens (tertiary/aromatic N) is 3. The summed E-state index contributed by atoms with van der Waals surface area (Å²) < 4.78 is 0. The Bertz CT molecular complexity index is 1060. The molecule has 148 valence electrons. The summed E-state index contributed by atoms with van der Waals surface area (Å²) in [4.78, 5) is 33.8. The second kappa shape index (κ2) is 7.84. The summed E-state index contributed by atoms with van der Waals surface area (Å²) in [6.45, 7) is 2.83. The number of hydrogen-bond donors (Lipinski definition) is 3. The molecule has 4 rings (SSSR count). The summed E-state index contributed by atoms with van der Waals surface area (Å²) in [6.07, 6.45) is 2.54. The molecule has 2 heterocycles. The predicted octanol–water partition coefficient (Wildman–Crippen LogP) is 2.29. The van der Waals surface area contributed by atoms with Gasteiger partial charge in [0.15, 0.2) is 0 Å². The van der Waals surface area contributed by atoms with Crippen LogP contribution in [0.15, 0.2) is 48.8 Å². The highest BCUT2D eigenvalue weighted by Gasteiger charge is 2.22. The molecule has 0 radical (unpaired) electrons. The van der Waals surface area contributed by atoms with Crippen molar-refractivity contribution >= 4 is 28.6 Å². The van der Waals surface area contributed by atoms with Crippen LogP contribution in [0, 0.1) is 0 Å². The maximum Gasteiger partial charge on any atom is 0.337 e. The number of para-hydroxylation sites is 1. The Kier molecular flexibility index (Phi) is 5.09. The van der Waals surface area contributed by atoms with Crippen LogP contribution < -0.4 is 11.1 Å². The molecular weight excluding hydrogens is 370 g/mol. The van der Waals surface area contributed by atoms with E-state index in [1.807, 2.05) is 12.1 Å². The molecule has 1 atom stereocenters. The van der Waals surface area contributed by atoms with Crippen molar-refractivity contribution in [2.24, 2.45) is 5.73 Å². The number of anilines is 1. The fourth-order valence-electron chi connectivity index (χ4n) is 3.48. The molecule has 0 saturated carbocycles. The van der Waals surface area contributed by atoms with Gasteiger partial charge in [-0.1, -0.05) is 18.2 Å². The van der Waals surface area contributed by atoms with Crippen molar-refractivity contribution in [2.45, 2.75) is 12.5 Å². The third-order valence-electron chi connectivity index (χ3n) is 5.19. The summed E-state index contributed by atoms with van der Waals surface area (Å²) in [7, 11) is 0. The molecule has 2 aromatic carbocycles. The minimum Gasteiger partial charge on any atom is -0.478 e. The van der Waals surface area contributed by atoms with Gasteiger partial charge in [-0.15, -0.1) is 0 Å². The topological polar surface area (TPSA) is 121 Å². The normalized spacial score (nSPS) is 14.9. The second-order valence-corrected chi connectivity index (χ2v) is 7.07. The monoisotopic (exact) mass is 391 g/mol. The number of carbonyl (C=O) groups excluding carboxylic acids is 1. The standard InChI is InChI=1S/C21H21N5O3/c22-19(27)14-7-5-13(6-8-14)17(11-26-9-2-10-26)25-20-15-3-1-4-16(21(28)29)18(15)23-12-24-20/h1,3-8,12,17H,2,9-11H2,(H2,22,27)(H,28,29)(H,23,24,25)/t17-/m1/s1. The van der Waals surface area contributed by atoms with Gasteiger partial charge in [0, 0.05) is 17.5 Å². The van der Waals surface area contributed by atoms with Gasteiger partial charge < -0.3 is 21.1 Å². The third-order valence-corrected chi connectivity index (χ3v) is 5.19. The SMILES string of the molecule is NC(=O)c1ccc([C@@H](CN2CCC2)Nc2ncnc3c(C(=O)O)cccc23)cc1. The molecular formula is C21H21N5O3. The number of rotatable bonds is 7. The van der Waals surface area contributed by atoms with Crippen molar-refractivity contribution in [3.05, 3.63) is 65.5 Å². The van der Waals surface area contributed by atoms with E-state index in [1.165, 1.54) is 18.8 Å². The Morgan fingerprint density at radius 1 is 1.14 bits per heavy atom. The van der Waals surface area contributed by atoms with Crippen LogP contribution in [0.25, 0.3) is 10.9 Å². The molecule has 3 aromatic rings. The molecule has 1 amide bonds. The molecule has 1 aromatic heterocycles. The number of benzene rings is 2. The van der Waals surface area contributed by atoms with Crippen molar-refractivity contribution in [1.29, 1.82) is 0 Å². The number of nitrogens with one attached hydrogen (secondary N) is 1. The Morgan fingerprint density at radius 3 is 2.52 bits per heavy atom. The van der Waals surface area contributed by atoms with E-state index in [0.717, 1.165) is 25.2 Å². The number of nitrogens with two attached hydrogens (primary N) is 1. The number of carboxylic acid groups (broad SMARTS) is 1. The largest absolute Gasteiger partial charge is 0.478 e. The minimum absolute atomic E-state index is 0.0937. The summed E-state index contributed by atoms with van der Waals surface area (Å²) in [5, 5.41) is 13.5. The second-order valence-electron chi connectivity index (χ2n) is 7.07. The lowest BCUT2D eigenvalue weighted by Crippen LogP contribution is -2.41. The van der Waals surface area contributed by atoms with Gasteiger partial charge in [0.2, 0.25) is 5.91 Å². The number of aromatic carboxylic acids is 1. The first-order valence-corrected chi connectivity index (χ1v) is 9.38. The molecule has 1 saturated heterocycles. The number of amides is 1. The van der Waals surface area contributed by atoms with E-state index in [2.05, 4.69) is 20.2 Å². The van der Waals surface area contributed by atoms with Gasteiger partial charge in [-0.3, -0.25) is 4.79 Å². The van der Waals surface area contributed by atoms with Crippen LogP contribution in [-0.2, 0) is 0 Å². The van der Waals surface area contributed by atoms with Crippen LogP contribution in [0.4, 0.5) is 5.82 Å². The molecule has 0 bridgehead atoms. The molecule has 0 unspecified atom stereocenters. The van der Waals surface area contributed by atoms with Gasteiger partial charge in [0.25, 0.3) is 0 Å². The molecule has 1 aliphatic heterocycles. The van der Waals surface area contributed by atoms with Gasteiger partial charge >= 0.3 is 5.97 Å². The number of primary amides is 1. The number of likely N-dealkylation sites (tertiary alicyclic amines) is 1. The van der Waals surface area contributed by atoms with E-state index in [-0.39, 0.29) is 11.6 Å². The van der Waals surface area contributed by atoms with Crippen LogP contribution in [0.5, 0.6) is 0 Å². The Balaban J connectivity index is 1.70. The fourth-order valence-corrected chi connectivity index (χ4v) is 3.48. The first kappa shape index (κ1) is 18.8. The lowest BCUT2D eigenvalue weighted by molar-refractivity contribution is 0.0698. The zero-order chi connectivity index (χ0) is 20.4. The van der Waals surface area contributed by atoms with Crippen molar-refractivity contribution in [3.8, 4) is 0 Å². The first-order chi connectivity index (χ1) is 14.0. The van der Waals surface area contributed by atoms with Crippen LogP contribution in [-0.4, -0.2) is 51.5 Å². The highest BCUT2D eigenvalue weighted by Crippen LogP contribution is 2.27. The molecule has 0 spiro atoms. The highest BCUT2D eigenvalue weighted by molar-refractivity contribution is 6.04. The van der Waals surface area contributed by atoms with E-state index >= 15 is 0 Å². The van der Waals surface area contributed by atoms with E-state index in [4.69, 9.17) is 5.73 Å². The fraction of sp³-hybridized carbons (Fsp3) is 0.238. The quantitative estimate of drug-likeness (QED) is 0.565. The van der Waals surface area contributed by atoms with Gasteiger partial charge in [-0.25, -0.2) is 14.8 Å². The van der Waals surface area contributed by atoms with E-state index in [1.54, 1.807) is 24.3 Å². The lowest BCUT2D eigenvalue weighted by atomic mass is 10.0. The molecule has 29 heavy (non-hydrogen) atoms. The van der Waals surface area contributed by atoms with Gasteiger partial charge in [0.1, 0.15) is 12.1 Å². The summed E-state index contributed by atoms with van der Waals surface area (Å²) in [5.41, 5.74) is 7.32. The maximum absolute atomic E-state index is 11.5. The Labute approximate surface area is 167 Å². The molecule has 8 nitrogen and oxygen atoms in total. The van der Waals surface area contributed by atoms with Gasteiger partial charge in [-0.05, 0) is 49.3 Å². The molecule has 4 N–H and O–H groups in total. The lowest BCUT2D eigenvalue weighted by Gasteiger charge is -2.35. The minimum atomic E-state index is -1.03. The maximum atomic E-state index is 11.5. The summed E-state index contributed by atoms with van der Waals surface area (Å²) in [6, 6.07) is 12.1. The number of aromatic nitrogens is 2. The number of fused-ring (bicyclic) bond motifs is 1. The average Bonchev–Trinajstić information content (AvgIpc) is 2.69. The van der Waals surface area contributed by atoms with Crippen LogP contribution in [0.1, 0.15) is 38.7 Å². The van der Waals surface area contributed by atoms with E-state index < -0.39 is 11.9 Å². The molecule has 1 fully saturated rings. The molecule has 1 aliphatic rings. The zero-order valence-corrected chi connectivity index (χ0v) is 15.7. The Morgan fingerprint density at radius 2 is 1.90 bits per heavy atom. The average molecular weight is 391 g/mol. The van der Waals surface area contributed by atoms with E-state index in [0.29, 0.717) is 22.3 Å². The summed E-state index contributed by atoms with van der Waals surface area (Å²) in [5.74, 6) is -0.922. The number of carboxylic acids is 1. The van der Waals surface area contributed by atoms with E-state index in [9.17, 15) is 14.7 Å². The molecule has 8 heteroatoms. The predicted molar refractivity (Wildman–Crippen MR) is 109 cm³/mol. The van der Waals surface area contributed by atoms with Gasteiger partial charge in [0.05, 0.1) is 17.1 Å². The highest BCUT2D eigenvalue weighted by atomic mass is 16.4. The van der Waals surface area contributed by atoms with Crippen molar-refractivity contribution in [2.75, 3.05) is 25.0 Å². The first-order valence-electron chi connectivity index (χ1n) is 9.38. The number of hydrogen-bond acceptors (Lipinski definition) is 6. The zero-order valence-electron chi connectivity index (χ0n) is 15.7. The van der Waals surface area contributed by atoms with Crippen molar-refractivity contribution in [3.63, 3.8) is 0 Å². The summed E-state index contributed by atoms with van der Waals surface area (Å²) >= 11 is 0. The van der Waals surface area contributed by atoms with Crippen LogP contribution in [0.2, 0.25) is 0 Å². The van der Waals surface area contributed by atoms with Crippen LogP contribution >= 0.6 is 0 Å². The smallest absolute Gasteiger partial charge is 0.337 e.